The zero-order valence-corrected chi connectivity index (χ0v) is 18.0. The van der Waals surface area contributed by atoms with Gasteiger partial charge in [-0.2, -0.15) is 0 Å². The highest BCUT2D eigenvalue weighted by Gasteiger charge is 2.22. The third kappa shape index (κ3) is 4.21. The van der Waals surface area contributed by atoms with Crippen molar-refractivity contribution in [3.05, 3.63) is 45.1 Å². The van der Waals surface area contributed by atoms with Crippen molar-refractivity contribution >= 4 is 27.5 Å². The lowest BCUT2D eigenvalue weighted by Gasteiger charge is -2.15. The summed E-state index contributed by atoms with van der Waals surface area (Å²) in [5.74, 6) is 1.24. The van der Waals surface area contributed by atoms with Crippen molar-refractivity contribution in [3.63, 3.8) is 0 Å². The number of nitrogens with one attached hydrogen (secondary N) is 1. The summed E-state index contributed by atoms with van der Waals surface area (Å²) < 4.78 is 12.2. The maximum Gasteiger partial charge on any atom is 0.268 e. The molecular formula is C22H27N3O4S. The smallest absolute Gasteiger partial charge is 0.268 e. The molecule has 0 saturated carbocycles. The van der Waals surface area contributed by atoms with E-state index in [1.165, 1.54) is 23.3 Å². The van der Waals surface area contributed by atoms with Crippen LogP contribution in [-0.4, -0.2) is 48.1 Å². The first-order valence-corrected chi connectivity index (χ1v) is 11.2. The molecule has 0 saturated heterocycles. The fraction of sp³-hybridized carbons (Fsp3) is 0.455. The molecule has 2 heterocycles. The Morgan fingerprint density at radius 2 is 1.97 bits per heavy atom. The quantitative estimate of drug-likeness (QED) is 0.423. The number of aryl methyl sites for hydroxylation is 2. The minimum absolute atomic E-state index is 0.0124. The molecule has 0 atom stereocenters. The summed E-state index contributed by atoms with van der Waals surface area (Å²) in [6, 6.07) is 7.42. The highest BCUT2D eigenvalue weighted by Crippen LogP contribution is 2.34. The van der Waals surface area contributed by atoms with Gasteiger partial charge in [0.05, 0.1) is 38.0 Å². The Kier molecular flexibility index (Phi) is 6.66. The fourth-order valence-electron chi connectivity index (χ4n) is 3.87. The first-order chi connectivity index (χ1) is 14.7. The molecule has 4 rings (SSSR count). The number of thiophene rings is 1. The predicted molar refractivity (Wildman–Crippen MR) is 119 cm³/mol. The maximum atomic E-state index is 13.7. The Balaban J connectivity index is 1.79. The van der Waals surface area contributed by atoms with E-state index < -0.39 is 0 Å². The van der Waals surface area contributed by atoms with Crippen molar-refractivity contribution in [3.8, 4) is 11.4 Å². The highest BCUT2D eigenvalue weighted by molar-refractivity contribution is 7.18. The van der Waals surface area contributed by atoms with Gasteiger partial charge in [0.25, 0.3) is 5.56 Å². The van der Waals surface area contributed by atoms with Crippen molar-refractivity contribution < 1.29 is 14.6 Å². The number of benzene rings is 1. The number of nitrogens with zero attached hydrogens (tertiary/aromatic N) is 2. The lowest BCUT2D eigenvalue weighted by molar-refractivity contribution is 0.0991. The zero-order chi connectivity index (χ0) is 20.9. The number of aliphatic hydroxyl groups is 1. The number of rotatable bonds is 8. The summed E-state index contributed by atoms with van der Waals surface area (Å²) in [7, 11) is 1.62. The molecule has 1 aromatic carbocycles. The Bertz CT molecular complexity index is 1060. The molecule has 3 aromatic rings. The van der Waals surface area contributed by atoms with Crippen LogP contribution in [0.15, 0.2) is 29.1 Å². The molecule has 0 amide bonds. The van der Waals surface area contributed by atoms with Crippen LogP contribution in [0.5, 0.6) is 5.75 Å². The molecule has 7 nitrogen and oxygen atoms in total. The highest BCUT2D eigenvalue weighted by atomic mass is 32.1. The van der Waals surface area contributed by atoms with Crippen LogP contribution in [0.2, 0.25) is 0 Å². The molecule has 2 N–H and O–H groups in total. The third-order valence-electron chi connectivity index (χ3n) is 5.33. The van der Waals surface area contributed by atoms with Gasteiger partial charge in [-0.25, -0.2) is 9.55 Å². The molecule has 0 bridgehead atoms. The molecule has 1 aliphatic rings. The predicted octanol–water partition coefficient (Wildman–Crippen LogP) is 3.15. The standard InChI is InChI=1S/C22H27N3O4S/c1-28-16-9-7-15(8-10-16)25-21(27)19-17-5-3-2-4-6-18(17)30-20(19)24-22(25)23-11-13-29-14-12-26/h7-10,26H,2-6,11-14H2,1H3,(H,23,24). The summed E-state index contributed by atoms with van der Waals surface area (Å²) in [6.07, 6.45) is 5.45. The molecule has 0 unspecified atom stereocenters. The van der Waals surface area contributed by atoms with E-state index in [4.69, 9.17) is 19.6 Å². The van der Waals surface area contributed by atoms with Gasteiger partial charge < -0.3 is 19.9 Å². The van der Waals surface area contributed by atoms with Gasteiger partial charge >= 0.3 is 0 Å². The lowest BCUT2D eigenvalue weighted by Crippen LogP contribution is -2.25. The fourth-order valence-corrected chi connectivity index (χ4v) is 5.12. The number of hydrogen-bond acceptors (Lipinski definition) is 7. The topological polar surface area (TPSA) is 85.6 Å². The van der Waals surface area contributed by atoms with Crippen LogP contribution in [0, 0.1) is 0 Å². The van der Waals surface area contributed by atoms with Gasteiger partial charge in [-0.05, 0) is 55.5 Å². The zero-order valence-electron chi connectivity index (χ0n) is 17.1. The van der Waals surface area contributed by atoms with E-state index in [1.807, 2.05) is 24.3 Å². The maximum absolute atomic E-state index is 13.7. The van der Waals surface area contributed by atoms with E-state index in [-0.39, 0.29) is 18.8 Å². The van der Waals surface area contributed by atoms with Crippen molar-refractivity contribution in [2.24, 2.45) is 0 Å². The Morgan fingerprint density at radius 1 is 1.17 bits per heavy atom. The molecule has 160 valence electrons. The summed E-state index contributed by atoms with van der Waals surface area (Å²) in [4.78, 5) is 20.6. The van der Waals surface area contributed by atoms with Gasteiger partial charge in [0, 0.05) is 11.4 Å². The van der Waals surface area contributed by atoms with Crippen LogP contribution in [0.3, 0.4) is 0 Å². The molecule has 30 heavy (non-hydrogen) atoms. The summed E-state index contributed by atoms with van der Waals surface area (Å²) >= 11 is 1.65. The van der Waals surface area contributed by atoms with Crippen LogP contribution in [0.1, 0.15) is 29.7 Å². The van der Waals surface area contributed by atoms with Gasteiger partial charge in [0.2, 0.25) is 5.95 Å². The minimum Gasteiger partial charge on any atom is -0.497 e. The number of methoxy groups -OCH3 is 1. The van der Waals surface area contributed by atoms with E-state index in [0.29, 0.717) is 19.1 Å². The van der Waals surface area contributed by atoms with Crippen LogP contribution in [-0.2, 0) is 17.6 Å². The monoisotopic (exact) mass is 429 g/mol. The second kappa shape index (κ2) is 9.59. The number of anilines is 1. The molecule has 0 radical (unpaired) electrons. The van der Waals surface area contributed by atoms with Gasteiger partial charge in [0.1, 0.15) is 10.6 Å². The number of hydrogen-bond donors (Lipinski definition) is 2. The van der Waals surface area contributed by atoms with Crippen LogP contribution >= 0.6 is 11.3 Å². The van der Waals surface area contributed by atoms with Crippen molar-refractivity contribution in [2.75, 3.05) is 38.8 Å². The minimum atomic E-state index is -0.0386. The first kappa shape index (κ1) is 20.8. The third-order valence-corrected chi connectivity index (χ3v) is 6.52. The van der Waals surface area contributed by atoms with E-state index in [1.54, 1.807) is 23.0 Å². The summed E-state index contributed by atoms with van der Waals surface area (Å²) in [5.41, 5.74) is 1.89. The molecule has 0 spiro atoms. The average Bonchev–Trinajstić information content (AvgIpc) is 2.95. The van der Waals surface area contributed by atoms with Crippen molar-refractivity contribution in [1.29, 1.82) is 0 Å². The summed E-state index contributed by atoms with van der Waals surface area (Å²) in [5, 5.41) is 12.9. The molecule has 0 fully saturated rings. The molecule has 1 aliphatic carbocycles. The van der Waals surface area contributed by atoms with Gasteiger partial charge in [-0.1, -0.05) is 6.42 Å². The second-order valence-electron chi connectivity index (χ2n) is 7.28. The van der Waals surface area contributed by atoms with E-state index in [0.717, 1.165) is 40.9 Å². The first-order valence-electron chi connectivity index (χ1n) is 10.4. The van der Waals surface area contributed by atoms with E-state index in [9.17, 15) is 4.79 Å². The van der Waals surface area contributed by atoms with Crippen LogP contribution in [0.25, 0.3) is 15.9 Å². The lowest BCUT2D eigenvalue weighted by atomic mass is 10.1. The van der Waals surface area contributed by atoms with Crippen LogP contribution in [0.4, 0.5) is 5.95 Å². The molecular weight excluding hydrogens is 402 g/mol. The van der Waals surface area contributed by atoms with Crippen molar-refractivity contribution in [1.82, 2.24) is 9.55 Å². The summed E-state index contributed by atoms with van der Waals surface area (Å²) in [6.45, 7) is 1.18. The van der Waals surface area contributed by atoms with Crippen LogP contribution < -0.4 is 15.6 Å². The number of aromatic nitrogens is 2. The largest absolute Gasteiger partial charge is 0.497 e. The second-order valence-corrected chi connectivity index (χ2v) is 8.36. The van der Waals surface area contributed by atoms with Crippen molar-refractivity contribution in [2.45, 2.75) is 32.1 Å². The van der Waals surface area contributed by atoms with E-state index in [2.05, 4.69) is 5.32 Å². The number of aliphatic hydroxyl groups excluding tert-OH is 1. The Morgan fingerprint density at radius 3 is 2.73 bits per heavy atom. The van der Waals surface area contributed by atoms with E-state index >= 15 is 0 Å². The van der Waals surface area contributed by atoms with Gasteiger partial charge in [-0.3, -0.25) is 4.79 Å². The molecule has 8 heteroatoms. The van der Waals surface area contributed by atoms with Gasteiger partial charge in [-0.15, -0.1) is 11.3 Å². The number of fused-ring (bicyclic) bond motifs is 3. The normalized spacial score (nSPS) is 13.8. The SMILES string of the molecule is COc1ccc(-n2c(NCCOCCO)nc3sc4c(c3c2=O)CCCCC4)cc1. The molecule has 0 aliphatic heterocycles. The molecule has 2 aromatic heterocycles. The number of ether oxygens (including phenoxy) is 2. The Labute approximate surface area is 179 Å². The average molecular weight is 430 g/mol. The Hall–Kier alpha value is -2.42. The van der Waals surface area contributed by atoms with Gasteiger partial charge in [0.15, 0.2) is 0 Å².